The van der Waals surface area contributed by atoms with Gasteiger partial charge in [0.1, 0.15) is 12.7 Å². The maximum atomic E-state index is 10.3. The summed E-state index contributed by atoms with van der Waals surface area (Å²) in [6.07, 6.45) is 2.33. The predicted octanol–water partition coefficient (Wildman–Crippen LogP) is -1.65. The van der Waals surface area contributed by atoms with Gasteiger partial charge in [-0.05, 0) is 0 Å². The summed E-state index contributed by atoms with van der Waals surface area (Å²) in [6, 6.07) is 0. The van der Waals surface area contributed by atoms with Crippen molar-refractivity contribution in [1.29, 1.82) is 0 Å². The van der Waals surface area contributed by atoms with Crippen LogP contribution >= 0.6 is 0 Å². The Morgan fingerprint density at radius 1 is 1.75 bits per heavy atom. The molecule has 1 heterocycles. The summed E-state index contributed by atoms with van der Waals surface area (Å²) in [5.41, 5.74) is -0.500. The fourth-order valence-electron chi connectivity index (χ4n) is 0.300. The minimum atomic E-state index is -0.500. The van der Waals surface area contributed by atoms with Crippen molar-refractivity contribution in [1.82, 2.24) is 14.6 Å². The van der Waals surface area contributed by atoms with Crippen LogP contribution in [0.15, 0.2) is 17.4 Å². The largest absolute Gasteiger partial charge is 0.368 e. The van der Waals surface area contributed by atoms with Gasteiger partial charge in [0, 0.05) is 0 Å². The number of hydrogen-bond donors (Lipinski definition) is 1. The van der Waals surface area contributed by atoms with Gasteiger partial charge in [-0.1, -0.05) is 0 Å². The Hall–Kier alpha value is -1.39. The lowest BCUT2D eigenvalue weighted by Crippen LogP contribution is -2.28. The molecular formula is C3H4N4O. The Bertz CT molecular complexity index is 229. The topological polar surface area (TPSA) is 73.8 Å². The lowest BCUT2D eigenvalue weighted by molar-refractivity contribution is 0.821. The van der Waals surface area contributed by atoms with Crippen LogP contribution in [0.4, 0.5) is 0 Å². The second-order valence-corrected chi connectivity index (χ2v) is 1.20. The van der Waals surface area contributed by atoms with E-state index in [1.807, 2.05) is 0 Å². The molecule has 1 aromatic heterocycles. The van der Waals surface area contributed by atoms with Crippen LogP contribution in [-0.4, -0.2) is 14.6 Å². The van der Waals surface area contributed by atoms with Gasteiger partial charge in [-0.15, -0.1) is 0 Å². The Balaban J connectivity index is 3.35. The Morgan fingerprint density at radius 3 is 2.88 bits per heavy atom. The highest BCUT2D eigenvalue weighted by atomic mass is 16.1. The van der Waals surface area contributed by atoms with Crippen molar-refractivity contribution in [3.8, 4) is 0 Å². The summed E-state index contributed by atoms with van der Waals surface area (Å²) in [5.74, 6) is 5.00. The average Bonchev–Trinajstić information content (AvgIpc) is 1.77. The van der Waals surface area contributed by atoms with E-state index in [0.717, 1.165) is 11.0 Å². The number of rotatable bonds is 0. The molecule has 0 saturated heterocycles. The van der Waals surface area contributed by atoms with E-state index in [0.29, 0.717) is 0 Å². The Kier molecular flexibility index (Phi) is 0.957. The van der Waals surface area contributed by atoms with Crippen LogP contribution in [0.2, 0.25) is 0 Å². The van der Waals surface area contributed by atoms with E-state index in [9.17, 15) is 4.79 Å². The lowest BCUT2D eigenvalue weighted by atomic mass is 11.0. The highest BCUT2D eigenvalue weighted by Crippen LogP contribution is 1.55. The number of nitrogens with two attached hydrogens (primary N) is 1. The molecule has 0 aliphatic carbocycles. The standard InChI is InChI=1S/C3H4N4O/c4-7-2-5-1-6-3(7)8/h1-2H,4H2. The maximum absolute atomic E-state index is 10.3. The molecule has 0 saturated carbocycles. The number of aromatic nitrogens is 3. The van der Waals surface area contributed by atoms with Crippen molar-refractivity contribution < 1.29 is 0 Å². The summed E-state index contributed by atoms with van der Waals surface area (Å²) >= 11 is 0. The maximum Gasteiger partial charge on any atom is 0.368 e. The van der Waals surface area contributed by atoms with Gasteiger partial charge in [-0.25, -0.2) is 9.78 Å². The van der Waals surface area contributed by atoms with Crippen LogP contribution < -0.4 is 11.5 Å². The summed E-state index contributed by atoms with van der Waals surface area (Å²) in [6.45, 7) is 0. The van der Waals surface area contributed by atoms with Gasteiger partial charge in [0.25, 0.3) is 0 Å². The quantitative estimate of drug-likeness (QED) is 0.408. The van der Waals surface area contributed by atoms with Crippen LogP contribution in [0.3, 0.4) is 0 Å². The molecule has 0 aromatic carbocycles. The molecule has 0 spiro atoms. The Labute approximate surface area is 44.8 Å². The van der Waals surface area contributed by atoms with Gasteiger partial charge in [-0.3, -0.25) is 0 Å². The van der Waals surface area contributed by atoms with E-state index in [1.165, 1.54) is 6.33 Å². The molecule has 0 unspecified atom stereocenters. The average molecular weight is 112 g/mol. The van der Waals surface area contributed by atoms with Crippen molar-refractivity contribution in [2.24, 2.45) is 0 Å². The fraction of sp³-hybridized carbons (Fsp3) is 0. The molecule has 2 N–H and O–H groups in total. The van der Waals surface area contributed by atoms with E-state index >= 15 is 0 Å². The summed E-state index contributed by atoms with van der Waals surface area (Å²) in [4.78, 5) is 17.0. The van der Waals surface area contributed by atoms with Crippen LogP contribution in [0.5, 0.6) is 0 Å². The summed E-state index contributed by atoms with van der Waals surface area (Å²) < 4.78 is 0.806. The van der Waals surface area contributed by atoms with Crippen molar-refractivity contribution in [2.75, 3.05) is 5.84 Å². The monoisotopic (exact) mass is 112 g/mol. The Morgan fingerprint density at radius 2 is 2.50 bits per heavy atom. The molecule has 8 heavy (non-hydrogen) atoms. The van der Waals surface area contributed by atoms with Gasteiger partial charge in [0.2, 0.25) is 0 Å². The zero-order valence-corrected chi connectivity index (χ0v) is 3.98. The van der Waals surface area contributed by atoms with E-state index in [4.69, 9.17) is 5.84 Å². The number of nitrogen functional groups attached to an aromatic ring is 1. The van der Waals surface area contributed by atoms with Gasteiger partial charge in [0.15, 0.2) is 0 Å². The molecule has 0 aliphatic rings. The van der Waals surface area contributed by atoms with Crippen molar-refractivity contribution in [3.63, 3.8) is 0 Å². The third-order valence-corrected chi connectivity index (χ3v) is 0.647. The molecule has 5 heteroatoms. The third-order valence-electron chi connectivity index (χ3n) is 0.647. The number of nitrogens with zero attached hydrogens (tertiary/aromatic N) is 3. The summed E-state index contributed by atoms with van der Waals surface area (Å²) in [5, 5.41) is 0. The van der Waals surface area contributed by atoms with E-state index < -0.39 is 5.69 Å². The molecule has 0 amide bonds. The van der Waals surface area contributed by atoms with E-state index in [2.05, 4.69) is 9.97 Å². The SMILES string of the molecule is Nn1cncnc1=O. The van der Waals surface area contributed by atoms with Crippen LogP contribution in [-0.2, 0) is 0 Å². The van der Waals surface area contributed by atoms with Gasteiger partial charge >= 0.3 is 5.69 Å². The fourth-order valence-corrected chi connectivity index (χ4v) is 0.300. The molecule has 42 valence electrons. The molecule has 0 radical (unpaired) electrons. The molecule has 5 nitrogen and oxygen atoms in total. The highest BCUT2D eigenvalue weighted by Gasteiger charge is 1.82. The first kappa shape index (κ1) is 4.76. The summed E-state index contributed by atoms with van der Waals surface area (Å²) in [7, 11) is 0. The van der Waals surface area contributed by atoms with E-state index in [-0.39, 0.29) is 0 Å². The molecule has 0 aliphatic heterocycles. The van der Waals surface area contributed by atoms with Crippen molar-refractivity contribution in [3.05, 3.63) is 23.1 Å². The molecule has 1 rings (SSSR count). The minimum Gasteiger partial charge on any atom is -0.334 e. The minimum absolute atomic E-state index is 0.500. The van der Waals surface area contributed by atoms with Gasteiger partial charge < -0.3 is 5.84 Å². The molecule has 1 aromatic rings. The van der Waals surface area contributed by atoms with Crippen LogP contribution in [0, 0.1) is 0 Å². The first-order chi connectivity index (χ1) is 3.80. The molecule has 0 atom stereocenters. The second kappa shape index (κ2) is 1.61. The predicted molar refractivity (Wildman–Crippen MR) is 26.4 cm³/mol. The highest BCUT2D eigenvalue weighted by molar-refractivity contribution is 4.62. The van der Waals surface area contributed by atoms with Gasteiger partial charge in [0.05, 0.1) is 0 Å². The normalized spacial score (nSPS) is 9.00. The first-order valence-corrected chi connectivity index (χ1v) is 1.94. The zero-order valence-electron chi connectivity index (χ0n) is 3.98. The smallest absolute Gasteiger partial charge is 0.334 e. The number of hydrogen-bond acceptors (Lipinski definition) is 4. The second-order valence-electron chi connectivity index (χ2n) is 1.20. The zero-order chi connectivity index (χ0) is 5.98. The van der Waals surface area contributed by atoms with Crippen molar-refractivity contribution >= 4 is 0 Å². The molecular weight excluding hydrogens is 108 g/mol. The first-order valence-electron chi connectivity index (χ1n) is 1.94. The van der Waals surface area contributed by atoms with E-state index in [1.54, 1.807) is 0 Å². The van der Waals surface area contributed by atoms with Crippen LogP contribution in [0.25, 0.3) is 0 Å². The van der Waals surface area contributed by atoms with Crippen LogP contribution in [0.1, 0.15) is 0 Å². The van der Waals surface area contributed by atoms with Crippen molar-refractivity contribution in [2.45, 2.75) is 0 Å². The lowest BCUT2D eigenvalue weighted by Gasteiger charge is -1.87. The molecule has 0 fully saturated rings. The molecule has 0 bridgehead atoms. The van der Waals surface area contributed by atoms with Gasteiger partial charge in [-0.2, -0.15) is 9.66 Å². The third kappa shape index (κ3) is 0.651.